The molecular weight excluding hydrogens is 178 g/mol. The molecule has 0 spiro atoms. The van der Waals surface area contributed by atoms with E-state index in [1.165, 1.54) is 0 Å². The Labute approximate surface area is 84.6 Å². The van der Waals surface area contributed by atoms with Crippen LogP contribution < -0.4 is 5.32 Å². The number of hydrogen-bond donors (Lipinski definition) is 1. The minimum atomic E-state index is -0.0475. The molecular formula is C11H17NO2. The molecule has 14 heavy (non-hydrogen) atoms. The lowest BCUT2D eigenvalue weighted by molar-refractivity contribution is -0.121. The van der Waals surface area contributed by atoms with Gasteiger partial charge in [-0.3, -0.25) is 9.59 Å². The standard InChI is InChI=1S/C11H17NO2/c1-3-4-5-10-9(8(2)13)6-7-11(14)12-10/h6,10H,3-5,7H2,1-2H3,(H,12,14). The van der Waals surface area contributed by atoms with Gasteiger partial charge < -0.3 is 5.32 Å². The van der Waals surface area contributed by atoms with Gasteiger partial charge in [-0.25, -0.2) is 0 Å². The minimum Gasteiger partial charge on any atom is -0.349 e. The summed E-state index contributed by atoms with van der Waals surface area (Å²) in [5.41, 5.74) is 0.776. The van der Waals surface area contributed by atoms with Crippen LogP contribution in [0.25, 0.3) is 0 Å². The van der Waals surface area contributed by atoms with E-state index in [4.69, 9.17) is 0 Å². The first-order chi connectivity index (χ1) is 6.65. The summed E-state index contributed by atoms with van der Waals surface area (Å²) in [6.45, 7) is 3.66. The molecule has 1 unspecified atom stereocenters. The lowest BCUT2D eigenvalue weighted by atomic mass is 9.94. The summed E-state index contributed by atoms with van der Waals surface area (Å²) in [6, 6.07) is -0.0475. The Morgan fingerprint density at radius 2 is 2.36 bits per heavy atom. The van der Waals surface area contributed by atoms with E-state index >= 15 is 0 Å². The van der Waals surface area contributed by atoms with Crippen molar-refractivity contribution in [3.63, 3.8) is 0 Å². The van der Waals surface area contributed by atoms with Crippen molar-refractivity contribution in [1.29, 1.82) is 0 Å². The van der Waals surface area contributed by atoms with Crippen LogP contribution in [-0.4, -0.2) is 17.7 Å². The van der Waals surface area contributed by atoms with E-state index in [1.54, 1.807) is 13.0 Å². The number of rotatable bonds is 4. The molecule has 3 nitrogen and oxygen atoms in total. The SMILES string of the molecule is CCCCC1NC(=O)CC=C1C(C)=O. The van der Waals surface area contributed by atoms with Crippen LogP contribution in [0, 0.1) is 0 Å². The van der Waals surface area contributed by atoms with Crippen LogP contribution >= 0.6 is 0 Å². The molecule has 1 aliphatic heterocycles. The normalized spacial score (nSPS) is 21.4. The van der Waals surface area contributed by atoms with E-state index in [1.807, 2.05) is 0 Å². The number of hydrogen-bond acceptors (Lipinski definition) is 2. The zero-order chi connectivity index (χ0) is 10.6. The molecule has 1 N–H and O–H groups in total. The third-order valence-corrected chi connectivity index (χ3v) is 2.47. The van der Waals surface area contributed by atoms with Crippen molar-refractivity contribution in [2.24, 2.45) is 0 Å². The highest BCUT2D eigenvalue weighted by atomic mass is 16.2. The molecule has 0 aromatic heterocycles. The van der Waals surface area contributed by atoms with Crippen molar-refractivity contribution in [3.8, 4) is 0 Å². The second-order valence-corrected chi connectivity index (χ2v) is 3.68. The number of unbranched alkanes of at least 4 members (excludes halogenated alkanes) is 1. The van der Waals surface area contributed by atoms with E-state index in [-0.39, 0.29) is 17.7 Å². The number of carbonyl (C=O) groups is 2. The number of Topliss-reactive ketones (excluding diaryl/α,β-unsaturated/α-hetero) is 1. The van der Waals surface area contributed by atoms with E-state index in [9.17, 15) is 9.59 Å². The summed E-state index contributed by atoms with van der Waals surface area (Å²) in [6.07, 6.45) is 5.10. The first-order valence-corrected chi connectivity index (χ1v) is 5.15. The summed E-state index contributed by atoms with van der Waals surface area (Å²) in [4.78, 5) is 22.4. The maximum atomic E-state index is 11.3. The summed E-state index contributed by atoms with van der Waals surface area (Å²) in [7, 11) is 0. The van der Waals surface area contributed by atoms with E-state index < -0.39 is 0 Å². The van der Waals surface area contributed by atoms with Crippen molar-refractivity contribution in [2.75, 3.05) is 0 Å². The number of ketones is 1. The van der Waals surface area contributed by atoms with Gasteiger partial charge in [-0.15, -0.1) is 0 Å². The lowest BCUT2D eigenvalue weighted by Gasteiger charge is -2.23. The highest BCUT2D eigenvalue weighted by molar-refractivity contribution is 5.97. The van der Waals surface area contributed by atoms with Crippen LogP contribution in [0.2, 0.25) is 0 Å². The summed E-state index contributed by atoms with van der Waals surface area (Å²) in [5.74, 6) is 0.0993. The van der Waals surface area contributed by atoms with E-state index in [0.29, 0.717) is 6.42 Å². The molecule has 0 aliphatic carbocycles. The molecule has 1 atom stereocenters. The largest absolute Gasteiger partial charge is 0.349 e. The highest BCUT2D eigenvalue weighted by Crippen LogP contribution is 2.16. The van der Waals surface area contributed by atoms with Crippen LogP contribution in [0.15, 0.2) is 11.6 Å². The molecule has 0 fully saturated rings. The molecule has 3 heteroatoms. The minimum absolute atomic E-state index is 0.0242. The number of carbonyl (C=O) groups excluding carboxylic acids is 2. The van der Waals surface area contributed by atoms with Gasteiger partial charge in [0.05, 0.1) is 6.04 Å². The van der Waals surface area contributed by atoms with Crippen LogP contribution in [0.1, 0.15) is 39.5 Å². The number of nitrogens with one attached hydrogen (secondary N) is 1. The van der Waals surface area contributed by atoms with Crippen LogP contribution in [0.4, 0.5) is 0 Å². The molecule has 0 aromatic carbocycles. The quantitative estimate of drug-likeness (QED) is 0.740. The molecule has 0 saturated carbocycles. The fourth-order valence-electron chi connectivity index (χ4n) is 1.70. The molecule has 1 amide bonds. The monoisotopic (exact) mass is 195 g/mol. The van der Waals surface area contributed by atoms with Crippen molar-refractivity contribution in [3.05, 3.63) is 11.6 Å². The van der Waals surface area contributed by atoms with Crippen LogP contribution in [0.3, 0.4) is 0 Å². The van der Waals surface area contributed by atoms with Gasteiger partial charge in [0.2, 0.25) is 5.91 Å². The molecule has 1 heterocycles. The third-order valence-electron chi connectivity index (χ3n) is 2.47. The predicted octanol–water partition coefficient (Wildman–Crippen LogP) is 1.58. The molecule has 0 radical (unpaired) electrons. The average molecular weight is 195 g/mol. The van der Waals surface area contributed by atoms with Crippen molar-refractivity contribution < 1.29 is 9.59 Å². The summed E-state index contributed by atoms with van der Waals surface area (Å²) in [5, 5.41) is 2.85. The van der Waals surface area contributed by atoms with Crippen molar-refractivity contribution >= 4 is 11.7 Å². The van der Waals surface area contributed by atoms with Gasteiger partial charge in [0.25, 0.3) is 0 Å². The molecule has 78 valence electrons. The Balaban J connectivity index is 2.68. The van der Waals surface area contributed by atoms with E-state index in [0.717, 1.165) is 24.8 Å². The second kappa shape index (κ2) is 4.94. The fraction of sp³-hybridized carbons (Fsp3) is 0.636. The Bertz CT molecular complexity index is 268. The first-order valence-electron chi connectivity index (χ1n) is 5.15. The molecule has 1 rings (SSSR count). The zero-order valence-electron chi connectivity index (χ0n) is 8.80. The van der Waals surface area contributed by atoms with E-state index in [2.05, 4.69) is 12.2 Å². The van der Waals surface area contributed by atoms with Crippen molar-refractivity contribution in [2.45, 2.75) is 45.6 Å². The summed E-state index contributed by atoms with van der Waals surface area (Å²) < 4.78 is 0. The smallest absolute Gasteiger partial charge is 0.224 e. The van der Waals surface area contributed by atoms with Gasteiger partial charge in [0, 0.05) is 12.0 Å². The van der Waals surface area contributed by atoms with Gasteiger partial charge >= 0.3 is 0 Å². The predicted molar refractivity (Wildman–Crippen MR) is 54.8 cm³/mol. The van der Waals surface area contributed by atoms with Gasteiger partial charge in [-0.2, -0.15) is 0 Å². The molecule has 0 aromatic rings. The maximum absolute atomic E-state index is 11.3. The third kappa shape index (κ3) is 2.69. The molecule has 0 saturated heterocycles. The Hall–Kier alpha value is -1.12. The fourth-order valence-corrected chi connectivity index (χ4v) is 1.70. The number of amides is 1. The van der Waals surface area contributed by atoms with Crippen LogP contribution in [-0.2, 0) is 9.59 Å². The average Bonchev–Trinajstić information content (AvgIpc) is 2.14. The Morgan fingerprint density at radius 3 is 2.93 bits per heavy atom. The Kier molecular flexibility index (Phi) is 3.86. The lowest BCUT2D eigenvalue weighted by Crippen LogP contribution is -2.40. The highest BCUT2D eigenvalue weighted by Gasteiger charge is 2.23. The zero-order valence-corrected chi connectivity index (χ0v) is 8.80. The van der Waals surface area contributed by atoms with Gasteiger partial charge in [0.15, 0.2) is 5.78 Å². The second-order valence-electron chi connectivity index (χ2n) is 3.68. The van der Waals surface area contributed by atoms with Gasteiger partial charge in [-0.1, -0.05) is 25.8 Å². The topological polar surface area (TPSA) is 46.2 Å². The van der Waals surface area contributed by atoms with Gasteiger partial charge in [0.1, 0.15) is 0 Å². The van der Waals surface area contributed by atoms with Gasteiger partial charge in [-0.05, 0) is 13.3 Å². The molecule has 0 bridgehead atoms. The Morgan fingerprint density at radius 1 is 1.64 bits per heavy atom. The summed E-state index contributed by atoms with van der Waals surface area (Å²) >= 11 is 0. The molecule has 1 aliphatic rings. The van der Waals surface area contributed by atoms with Crippen LogP contribution in [0.5, 0.6) is 0 Å². The van der Waals surface area contributed by atoms with Crippen molar-refractivity contribution in [1.82, 2.24) is 5.32 Å². The first kappa shape index (κ1) is 11.0. The maximum Gasteiger partial charge on any atom is 0.224 e.